The number of nitrogens with zero attached hydrogens (tertiary/aromatic N) is 4. The van der Waals surface area contributed by atoms with E-state index >= 15 is 0 Å². The molecule has 0 aliphatic carbocycles. The molecular weight excluding hydrogens is 304 g/mol. The number of hydrogen-bond donors (Lipinski definition) is 2. The van der Waals surface area contributed by atoms with Gasteiger partial charge in [0.25, 0.3) is 0 Å². The molecule has 3 rings (SSSR count). The molecule has 1 unspecified atom stereocenters. The number of aryl methyl sites for hydroxylation is 2. The second kappa shape index (κ2) is 6.35. The fourth-order valence-corrected chi connectivity index (χ4v) is 2.82. The van der Waals surface area contributed by atoms with Crippen molar-refractivity contribution < 1.29 is 4.79 Å². The quantitative estimate of drug-likeness (QED) is 0.774. The van der Waals surface area contributed by atoms with Crippen molar-refractivity contribution in [3.8, 4) is 0 Å². The molecule has 2 amide bonds. The number of carbonyl (C=O) groups is 1. The largest absolute Gasteiger partial charge is 0.331 e. The number of pyridine rings is 1. The van der Waals surface area contributed by atoms with Crippen molar-refractivity contribution in [3.05, 3.63) is 48.2 Å². The molecule has 0 spiro atoms. The lowest BCUT2D eigenvalue weighted by Gasteiger charge is -2.21. The normalized spacial score (nSPS) is 12.5. The van der Waals surface area contributed by atoms with Crippen LogP contribution in [0.2, 0.25) is 0 Å². The van der Waals surface area contributed by atoms with Crippen LogP contribution in [0, 0.1) is 12.8 Å². The van der Waals surface area contributed by atoms with Crippen LogP contribution < -0.4 is 10.6 Å². The van der Waals surface area contributed by atoms with E-state index in [4.69, 9.17) is 0 Å². The monoisotopic (exact) mass is 326 g/mol. The van der Waals surface area contributed by atoms with Gasteiger partial charge in [-0.3, -0.25) is 4.68 Å². The number of hydrogen-bond acceptors (Lipinski definition) is 3. The molecule has 126 valence electrons. The Morgan fingerprint density at radius 3 is 2.75 bits per heavy atom. The Labute approximate surface area is 140 Å². The maximum Gasteiger partial charge on any atom is 0.319 e. The average Bonchev–Trinajstić information content (AvgIpc) is 3.13. The first kappa shape index (κ1) is 16.0. The summed E-state index contributed by atoms with van der Waals surface area (Å²) >= 11 is 0. The minimum atomic E-state index is -0.239. The topological polar surface area (TPSA) is 76.2 Å². The van der Waals surface area contributed by atoms with E-state index in [1.54, 1.807) is 17.1 Å². The minimum absolute atomic E-state index is 0.100. The van der Waals surface area contributed by atoms with E-state index in [2.05, 4.69) is 34.6 Å². The van der Waals surface area contributed by atoms with Gasteiger partial charge >= 0.3 is 6.03 Å². The van der Waals surface area contributed by atoms with Crippen molar-refractivity contribution in [1.82, 2.24) is 24.5 Å². The summed E-state index contributed by atoms with van der Waals surface area (Å²) in [5, 5.41) is 10.1. The highest BCUT2D eigenvalue weighted by atomic mass is 16.2. The summed E-state index contributed by atoms with van der Waals surface area (Å²) in [6.45, 7) is 6.11. The number of carbonyl (C=O) groups excluding carboxylic acids is 1. The number of imidazole rings is 1. The van der Waals surface area contributed by atoms with Gasteiger partial charge in [0.15, 0.2) is 0 Å². The third-order valence-corrected chi connectivity index (χ3v) is 3.97. The summed E-state index contributed by atoms with van der Waals surface area (Å²) < 4.78 is 3.63. The van der Waals surface area contributed by atoms with Crippen molar-refractivity contribution in [2.75, 3.05) is 5.32 Å². The molecule has 0 radical (unpaired) electrons. The molecule has 1 atom stereocenters. The number of aromatic nitrogens is 4. The molecule has 0 aliphatic rings. The van der Waals surface area contributed by atoms with Crippen LogP contribution in [-0.2, 0) is 7.05 Å². The lowest BCUT2D eigenvalue weighted by molar-refractivity contribution is 0.244. The van der Waals surface area contributed by atoms with Gasteiger partial charge in [0.2, 0.25) is 0 Å². The highest BCUT2D eigenvalue weighted by molar-refractivity contribution is 5.89. The van der Waals surface area contributed by atoms with Gasteiger partial charge < -0.3 is 15.0 Å². The standard InChI is InChI=1S/C17H22N6O/c1-11(2)15(13-8-19-22(4)9-13)21-17(24)20-14-7-12(3)16-18-5-6-23(16)10-14/h5-11,15H,1-4H3,(H2,20,21,24). The van der Waals surface area contributed by atoms with Crippen LogP contribution in [0.5, 0.6) is 0 Å². The van der Waals surface area contributed by atoms with Gasteiger partial charge in [-0.25, -0.2) is 9.78 Å². The van der Waals surface area contributed by atoms with E-state index in [9.17, 15) is 4.79 Å². The molecule has 2 N–H and O–H groups in total. The first-order valence-electron chi connectivity index (χ1n) is 7.93. The zero-order valence-corrected chi connectivity index (χ0v) is 14.3. The molecule has 0 saturated heterocycles. The maximum atomic E-state index is 12.4. The van der Waals surface area contributed by atoms with E-state index in [1.807, 2.05) is 43.0 Å². The molecule has 7 heteroatoms. The Morgan fingerprint density at radius 1 is 1.29 bits per heavy atom. The van der Waals surface area contributed by atoms with Crippen LogP contribution in [-0.4, -0.2) is 25.2 Å². The summed E-state index contributed by atoms with van der Waals surface area (Å²) in [6, 6.07) is 1.57. The van der Waals surface area contributed by atoms with Crippen LogP contribution in [0.4, 0.5) is 10.5 Å². The van der Waals surface area contributed by atoms with E-state index in [0.29, 0.717) is 0 Å². The Kier molecular flexibility index (Phi) is 4.24. The van der Waals surface area contributed by atoms with Crippen molar-refractivity contribution in [2.45, 2.75) is 26.8 Å². The number of anilines is 1. The summed E-state index contributed by atoms with van der Waals surface area (Å²) in [7, 11) is 1.87. The molecular formula is C17H22N6O. The van der Waals surface area contributed by atoms with Gasteiger partial charge in [-0.15, -0.1) is 0 Å². The lowest BCUT2D eigenvalue weighted by atomic mass is 9.99. The fraction of sp³-hybridized carbons (Fsp3) is 0.353. The van der Waals surface area contributed by atoms with E-state index in [-0.39, 0.29) is 18.0 Å². The zero-order chi connectivity index (χ0) is 17.3. The highest BCUT2D eigenvalue weighted by Gasteiger charge is 2.20. The second-order valence-corrected chi connectivity index (χ2v) is 6.34. The molecule has 24 heavy (non-hydrogen) atoms. The molecule has 0 aromatic carbocycles. The molecule has 3 aromatic rings. The highest BCUT2D eigenvalue weighted by Crippen LogP contribution is 2.21. The van der Waals surface area contributed by atoms with Gasteiger partial charge in [-0.05, 0) is 24.5 Å². The van der Waals surface area contributed by atoms with Crippen molar-refractivity contribution >= 4 is 17.4 Å². The summed E-state index contributed by atoms with van der Waals surface area (Å²) in [5.41, 5.74) is 3.61. The average molecular weight is 326 g/mol. The zero-order valence-electron chi connectivity index (χ0n) is 14.3. The van der Waals surface area contributed by atoms with Crippen LogP contribution >= 0.6 is 0 Å². The first-order valence-corrected chi connectivity index (χ1v) is 7.93. The minimum Gasteiger partial charge on any atom is -0.331 e. The maximum absolute atomic E-state index is 12.4. The van der Waals surface area contributed by atoms with Gasteiger partial charge in [-0.2, -0.15) is 5.10 Å². The van der Waals surface area contributed by atoms with Gasteiger partial charge in [0.05, 0.1) is 17.9 Å². The van der Waals surface area contributed by atoms with Crippen LogP contribution in [0.3, 0.4) is 0 Å². The molecule has 0 saturated carbocycles. The van der Waals surface area contributed by atoms with Crippen LogP contribution in [0.15, 0.2) is 37.1 Å². The Bertz CT molecular complexity index is 863. The third kappa shape index (κ3) is 3.24. The number of amides is 2. The Balaban J connectivity index is 1.75. The van der Waals surface area contributed by atoms with Crippen LogP contribution in [0.1, 0.15) is 31.0 Å². The smallest absolute Gasteiger partial charge is 0.319 e. The summed E-state index contributed by atoms with van der Waals surface area (Å²) in [4.78, 5) is 16.7. The van der Waals surface area contributed by atoms with Crippen LogP contribution in [0.25, 0.3) is 5.65 Å². The number of urea groups is 1. The first-order chi connectivity index (χ1) is 11.4. The van der Waals surface area contributed by atoms with Crippen molar-refractivity contribution in [3.63, 3.8) is 0 Å². The molecule has 7 nitrogen and oxygen atoms in total. The van der Waals surface area contributed by atoms with Gasteiger partial charge in [0, 0.05) is 37.4 Å². The molecule has 3 heterocycles. The molecule has 3 aromatic heterocycles. The van der Waals surface area contributed by atoms with E-state index < -0.39 is 0 Å². The van der Waals surface area contributed by atoms with E-state index in [0.717, 1.165) is 22.5 Å². The van der Waals surface area contributed by atoms with Gasteiger partial charge in [0.1, 0.15) is 5.65 Å². The third-order valence-electron chi connectivity index (χ3n) is 3.97. The fourth-order valence-electron chi connectivity index (χ4n) is 2.82. The number of nitrogens with one attached hydrogen (secondary N) is 2. The van der Waals surface area contributed by atoms with E-state index in [1.165, 1.54) is 0 Å². The van der Waals surface area contributed by atoms with Crippen molar-refractivity contribution in [2.24, 2.45) is 13.0 Å². The van der Waals surface area contributed by atoms with Gasteiger partial charge in [-0.1, -0.05) is 13.8 Å². The lowest BCUT2D eigenvalue weighted by Crippen LogP contribution is -2.35. The predicted octanol–water partition coefficient (Wildman–Crippen LogP) is 2.90. The Hall–Kier alpha value is -2.83. The number of fused-ring (bicyclic) bond motifs is 1. The van der Waals surface area contributed by atoms with Crippen molar-refractivity contribution in [1.29, 1.82) is 0 Å². The summed E-state index contributed by atoms with van der Waals surface area (Å²) in [6.07, 6.45) is 9.16. The molecule has 0 fully saturated rings. The molecule has 0 aliphatic heterocycles. The number of rotatable bonds is 4. The SMILES string of the molecule is Cc1cc(NC(=O)NC(c2cnn(C)c2)C(C)C)cn2ccnc12. The Morgan fingerprint density at radius 2 is 2.08 bits per heavy atom. The predicted molar refractivity (Wildman–Crippen MR) is 92.9 cm³/mol. The molecule has 0 bridgehead atoms. The second-order valence-electron chi connectivity index (χ2n) is 6.34. The summed E-state index contributed by atoms with van der Waals surface area (Å²) in [5.74, 6) is 0.248.